The van der Waals surface area contributed by atoms with Crippen molar-refractivity contribution >= 4 is 28.6 Å². The van der Waals surface area contributed by atoms with E-state index in [0.29, 0.717) is 5.56 Å². The first-order chi connectivity index (χ1) is 12.5. The molecule has 1 aliphatic heterocycles. The maximum Gasteiger partial charge on any atom is 0.325 e. The summed E-state index contributed by atoms with van der Waals surface area (Å²) in [6.07, 6.45) is 0.166. The van der Waals surface area contributed by atoms with Crippen LogP contribution in [0.5, 0.6) is 0 Å². The molecule has 1 unspecified atom stereocenters. The number of hydrogen-bond acceptors (Lipinski definition) is 4. The van der Waals surface area contributed by atoms with E-state index < -0.39 is 23.4 Å². The van der Waals surface area contributed by atoms with E-state index in [1.807, 2.05) is 42.5 Å². The van der Waals surface area contributed by atoms with Crippen LogP contribution in [0.25, 0.3) is 10.8 Å². The zero-order valence-electron chi connectivity index (χ0n) is 14.3. The number of nitrogens with zero attached hydrogens (tertiary/aromatic N) is 2. The summed E-state index contributed by atoms with van der Waals surface area (Å²) in [7, 11) is 0. The van der Waals surface area contributed by atoms with Crippen LogP contribution >= 0.6 is 0 Å². The molecule has 0 spiro atoms. The molecule has 4 amide bonds. The average Bonchev–Trinajstić information content (AvgIpc) is 2.85. The summed E-state index contributed by atoms with van der Waals surface area (Å²) in [5.41, 5.74) is -0.563. The maximum atomic E-state index is 13.0. The van der Waals surface area contributed by atoms with E-state index in [9.17, 15) is 14.4 Å². The summed E-state index contributed by atoms with van der Waals surface area (Å²) in [5, 5.41) is 15.6. The van der Waals surface area contributed by atoms with Crippen LogP contribution in [-0.4, -0.2) is 35.8 Å². The fourth-order valence-electron chi connectivity index (χ4n) is 3.14. The maximum absolute atomic E-state index is 13.0. The third-order valence-electron chi connectivity index (χ3n) is 4.46. The van der Waals surface area contributed by atoms with Crippen molar-refractivity contribution in [2.45, 2.75) is 18.9 Å². The van der Waals surface area contributed by atoms with Crippen molar-refractivity contribution in [2.75, 3.05) is 13.1 Å². The lowest BCUT2D eigenvalue weighted by atomic mass is 9.88. The Hall–Kier alpha value is -3.40. The summed E-state index contributed by atoms with van der Waals surface area (Å²) >= 11 is 0. The minimum Gasteiger partial charge on any atom is -0.354 e. The van der Waals surface area contributed by atoms with Gasteiger partial charge in [0.15, 0.2) is 0 Å². The lowest BCUT2D eigenvalue weighted by Crippen LogP contribution is -2.43. The molecule has 0 aliphatic carbocycles. The number of hydrogen-bond donors (Lipinski definition) is 2. The molecule has 7 heteroatoms. The third-order valence-corrected chi connectivity index (χ3v) is 4.46. The third kappa shape index (κ3) is 2.97. The number of amides is 4. The monoisotopic (exact) mass is 350 g/mol. The Morgan fingerprint density at radius 1 is 1.23 bits per heavy atom. The Kier molecular flexibility index (Phi) is 4.59. The van der Waals surface area contributed by atoms with E-state index in [1.54, 1.807) is 13.0 Å². The van der Waals surface area contributed by atoms with Gasteiger partial charge in [-0.15, -0.1) is 0 Å². The molecule has 3 rings (SSSR count). The lowest BCUT2D eigenvalue weighted by Gasteiger charge is -2.24. The van der Waals surface area contributed by atoms with Gasteiger partial charge in [0.05, 0.1) is 12.5 Å². The number of benzene rings is 2. The molecule has 1 fully saturated rings. The second kappa shape index (κ2) is 6.84. The van der Waals surface area contributed by atoms with Crippen molar-refractivity contribution < 1.29 is 14.4 Å². The largest absolute Gasteiger partial charge is 0.354 e. The molecule has 1 saturated heterocycles. The molecule has 132 valence electrons. The molecular weight excluding hydrogens is 332 g/mol. The van der Waals surface area contributed by atoms with E-state index in [1.165, 1.54) is 0 Å². The van der Waals surface area contributed by atoms with Crippen LogP contribution < -0.4 is 10.6 Å². The van der Waals surface area contributed by atoms with Crippen LogP contribution in [0.15, 0.2) is 42.5 Å². The number of fused-ring (bicyclic) bond motifs is 1. The van der Waals surface area contributed by atoms with Crippen LogP contribution in [0.4, 0.5) is 4.79 Å². The predicted molar refractivity (Wildman–Crippen MR) is 94.8 cm³/mol. The lowest BCUT2D eigenvalue weighted by molar-refractivity contribution is -0.134. The first kappa shape index (κ1) is 17.4. The van der Waals surface area contributed by atoms with Crippen LogP contribution in [-0.2, 0) is 15.1 Å². The Balaban J connectivity index is 1.87. The quantitative estimate of drug-likeness (QED) is 0.632. The van der Waals surface area contributed by atoms with Gasteiger partial charge in [0.25, 0.3) is 5.91 Å². The topological polar surface area (TPSA) is 102 Å². The number of rotatable bonds is 5. The Morgan fingerprint density at radius 2 is 1.96 bits per heavy atom. The van der Waals surface area contributed by atoms with Gasteiger partial charge >= 0.3 is 6.03 Å². The molecule has 1 aliphatic rings. The van der Waals surface area contributed by atoms with Crippen LogP contribution in [0, 0.1) is 11.3 Å². The molecule has 7 nitrogen and oxygen atoms in total. The van der Waals surface area contributed by atoms with Crippen molar-refractivity contribution in [1.82, 2.24) is 15.5 Å². The highest BCUT2D eigenvalue weighted by atomic mass is 16.2. The van der Waals surface area contributed by atoms with Gasteiger partial charge in [0, 0.05) is 6.54 Å². The highest BCUT2D eigenvalue weighted by molar-refractivity contribution is 6.10. The van der Waals surface area contributed by atoms with Gasteiger partial charge in [0.1, 0.15) is 12.1 Å². The minimum absolute atomic E-state index is 0.166. The zero-order valence-corrected chi connectivity index (χ0v) is 14.3. The van der Waals surface area contributed by atoms with Gasteiger partial charge < -0.3 is 10.6 Å². The molecule has 0 bridgehead atoms. The zero-order chi connectivity index (χ0) is 18.7. The first-order valence-electron chi connectivity index (χ1n) is 8.23. The van der Waals surface area contributed by atoms with Gasteiger partial charge in [0.2, 0.25) is 5.91 Å². The first-order valence-corrected chi connectivity index (χ1v) is 8.23. The normalized spacial score (nSPS) is 19.3. The molecule has 26 heavy (non-hydrogen) atoms. The van der Waals surface area contributed by atoms with E-state index in [-0.39, 0.29) is 19.5 Å². The van der Waals surface area contributed by atoms with Crippen LogP contribution in [0.2, 0.25) is 0 Å². The SMILES string of the molecule is CC1(c2cccc3ccccc23)NC(=O)N(CC(=O)NCCC#N)C1=O. The Morgan fingerprint density at radius 3 is 2.73 bits per heavy atom. The smallest absolute Gasteiger partial charge is 0.325 e. The molecular formula is C19H18N4O3. The van der Waals surface area contributed by atoms with Gasteiger partial charge in [-0.1, -0.05) is 42.5 Å². The van der Waals surface area contributed by atoms with E-state index >= 15 is 0 Å². The van der Waals surface area contributed by atoms with Crippen molar-refractivity contribution in [2.24, 2.45) is 0 Å². The Labute approximate surface area is 150 Å². The van der Waals surface area contributed by atoms with Crippen molar-refractivity contribution in [3.8, 4) is 6.07 Å². The number of nitriles is 1. The second-order valence-corrected chi connectivity index (χ2v) is 6.23. The molecule has 1 atom stereocenters. The highest BCUT2D eigenvalue weighted by Crippen LogP contribution is 2.33. The predicted octanol–water partition coefficient (Wildman–Crippen LogP) is 1.64. The number of urea groups is 1. The van der Waals surface area contributed by atoms with E-state index in [2.05, 4.69) is 10.6 Å². The molecule has 2 aromatic carbocycles. The van der Waals surface area contributed by atoms with Crippen molar-refractivity contribution in [3.63, 3.8) is 0 Å². The molecule has 1 heterocycles. The fourth-order valence-corrected chi connectivity index (χ4v) is 3.14. The average molecular weight is 350 g/mol. The summed E-state index contributed by atoms with van der Waals surface area (Å²) in [4.78, 5) is 38.1. The molecule has 0 aromatic heterocycles. The summed E-state index contributed by atoms with van der Waals surface area (Å²) < 4.78 is 0. The van der Waals surface area contributed by atoms with Gasteiger partial charge in [-0.05, 0) is 23.3 Å². The van der Waals surface area contributed by atoms with Crippen molar-refractivity contribution in [1.29, 1.82) is 5.26 Å². The molecule has 2 N–H and O–H groups in total. The van der Waals surface area contributed by atoms with Gasteiger partial charge in [-0.3, -0.25) is 14.5 Å². The standard InChI is InChI=1S/C19H18N4O3/c1-19(15-9-4-7-13-6-2-3-8-14(13)15)17(25)23(18(26)22-19)12-16(24)21-11-5-10-20/h2-4,6-9H,5,11-12H2,1H3,(H,21,24)(H,22,26). The number of carbonyl (C=O) groups excluding carboxylic acids is 3. The summed E-state index contributed by atoms with van der Waals surface area (Å²) in [6.45, 7) is 1.44. The fraction of sp³-hybridized carbons (Fsp3) is 0.263. The number of nitrogens with one attached hydrogen (secondary N) is 2. The van der Waals surface area contributed by atoms with Crippen molar-refractivity contribution in [3.05, 3.63) is 48.0 Å². The summed E-state index contributed by atoms with van der Waals surface area (Å²) in [5.74, 6) is -0.958. The molecule has 0 saturated carbocycles. The number of carbonyl (C=O) groups is 3. The number of imide groups is 1. The van der Waals surface area contributed by atoms with Crippen LogP contribution in [0.1, 0.15) is 18.9 Å². The van der Waals surface area contributed by atoms with Gasteiger partial charge in [-0.2, -0.15) is 5.26 Å². The highest BCUT2D eigenvalue weighted by Gasteiger charge is 2.50. The second-order valence-electron chi connectivity index (χ2n) is 6.23. The van der Waals surface area contributed by atoms with Gasteiger partial charge in [-0.25, -0.2) is 4.79 Å². The molecule has 2 aromatic rings. The molecule has 0 radical (unpaired) electrons. The minimum atomic E-state index is -1.25. The summed E-state index contributed by atoms with van der Waals surface area (Å²) in [6, 6.07) is 14.5. The van der Waals surface area contributed by atoms with E-state index in [0.717, 1.165) is 15.7 Å². The van der Waals surface area contributed by atoms with Crippen LogP contribution in [0.3, 0.4) is 0 Å². The van der Waals surface area contributed by atoms with E-state index in [4.69, 9.17) is 5.26 Å². The Bertz CT molecular complexity index is 929.